The lowest BCUT2D eigenvalue weighted by atomic mass is 10.2. The van der Waals surface area contributed by atoms with Crippen LogP contribution in [0.5, 0.6) is 5.75 Å². The van der Waals surface area contributed by atoms with Gasteiger partial charge in [-0.25, -0.2) is 0 Å². The summed E-state index contributed by atoms with van der Waals surface area (Å²) in [5.74, 6) is 0.478. The van der Waals surface area contributed by atoms with E-state index in [1.165, 1.54) is 4.90 Å². The van der Waals surface area contributed by atoms with Gasteiger partial charge < -0.3 is 4.74 Å². The molecule has 3 rings (SSSR count). The summed E-state index contributed by atoms with van der Waals surface area (Å²) in [5.41, 5.74) is 1.74. The van der Waals surface area contributed by atoms with Crippen molar-refractivity contribution in [3.8, 4) is 5.75 Å². The van der Waals surface area contributed by atoms with E-state index in [-0.39, 0.29) is 17.7 Å². The fraction of sp³-hybridized carbons (Fsp3) is 0.111. The molecule has 0 radical (unpaired) electrons. The fourth-order valence-corrected chi connectivity index (χ4v) is 3.53. The van der Waals surface area contributed by atoms with Crippen molar-refractivity contribution in [2.24, 2.45) is 0 Å². The second kappa shape index (κ2) is 7.23. The Kier molecular flexibility index (Phi) is 5.06. The highest BCUT2D eigenvalue weighted by atomic mass is 79.9. The maximum atomic E-state index is 12.5. The first-order valence-electron chi connectivity index (χ1n) is 7.21. The number of carbonyl (C=O) groups is 2. The van der Waals surface area contributed by atoms with Gasteiger partial charge in [0.05, 0.1) is 18.6 Å². The van der Waals surface area contributed by atoms with Gasteiger partial charge in [-0.05, 0) is 47.2 Å². The van der Waals surface area contributed by atoms with Gasteiger partial charge in [-0.1, -0.05) is 46.3 Å². The predicted molar refractivity (Wildman–Crippen MR) is 98.7 cm³/mol. The van der Waals surface area contributed by atoms with E-state index in [1.54, 1.807) is 13.2 Å². The molecule has 1 aliphatic heterocycles. The zero-order valence-electron chi connectivity index (χ0n) is 12.9. The van der Waals surface area contributed by atoms with Crippen LogP contribution >= 0.6 is 27.7 Å². The van der Waals surface area contributed by atoms with Gasteiger partial charge in [-0.3, -0.25) is 14.5 Å². The molecule has 1 heterocycles. The lowest BCUT2D eigenvalue weighted by Crippen LogP contribution is -2.27. The maximum Gasteiger partial charge on any atom is 0.293 e. The quantitative estimate of drug-likeness (QED) is 0.694. The number of hydrogen-bond donors (Lipinski definition) is 0. The number of rotatable bonds is 4. The molecule has 2 aromatic carbocycles. The highest BCUT2D eigenvalue weighted by molar-refractivity contribution is 9.10. The summed E-state index contributed by atoms with van der Waals surface area (Å²) in [5, 5.41) is -0.254. The second-order valence-electron chi connectivity index (χ2n) is 5.13. The average molecular weight is 404 g/mol. The molecule has 1 fully saturated rings. The van der Waals surface area contributed by atoms with Gasteiger partial charge in [0.25, 0.3) is 11.1 Å². The smallest absolute Gasteiger partial charge is 0.293 e. The molecule has 24 heavy (non-hydrogen) atoms. The molecule has 0 unspecified atom stereocenters. The summed E-state index contributed by atoms with van der Waals surface area (Å²) < 4.78 is 5.99. The Bertz CT molecular complexity index is 817. The van der Waals surface area contributed by atoms with Gasteiger partial charge in [0.15, 0.2) is 0 Å². The third-order valence-corrected chi connectivity index (χ3v) is 5.25. The van der Waals surface area contributed by atoms with Gasteiger partial charge in [-0.2, -0.15) is 0 Å². The monoisotopic (exact) mass is 403 g/mol. The number of ether oxygens (including phenoxy) is 1. The van der Waals surface area contributed by atoms with Crippen LogP contribution in [-0.2, 0) is 11.3 Å². The molecule has 0 aromatic heterocycles. The topological polar surface area (TPSA) is 46.6 Å². The number of thioether (sulfide) groups is 1. The summed E-state index contributed by atoms with van der Waals surface area (Å²) in [6, 6.07) is 14.9. The first-order valence-corrected chi connectivity index (χ1v) is 8.82. The Hall–Kier alpha value is -2.05. The van der Waals surface area contributed by atoms with Crippen molar-refractivity contribution < 1.29 is 14.3 Å². The zero-order chi connectivity index (χ0) is 17.1. The van der Waals surface area contributed by atoms with Crippen LogP contribution in [0.25, 0.3) is 6.08 Å². The molecule has 6 heteroatoms. The van der Waals surface area contributed by atoms with Crippen molar-refractivity contribution in [3.63, 3.8) is 0 Å². The minimum atomic E-state index is -0.267. The maximum absolute atomic E-state index is 12.5. The SMILES string of the molecule is COc1ccc(/C=C2/SC(=O)N(Cc3ccccc3Br)C2=O)cc1. The number of nitrogens with zero attached hydrogens (tertiary/aromatic N) is 1. The van der Waals surface area contributed by atoms with E-state index in [4.69, 9.17) is 4.74 Å². The van der Waals surface area contributed by atoms with Crippen LogP contribution in [-0.4, -0.2) is 23.2 Å². The number of hydrogen-bond acceptors (Lipinski definition) is 4. The Morgan fingerprint density at radius 1 is 1.12 bits per heavy atom. The third-order valence-electron chi connectivity index (χ3n) is 3.57. The van der Waals surface area contributed by atoms with Crippen molar-refractivity contribution in [3.05, 3.63) is 69.0 Å². The van der Waals surface area contributed by atoms with E-state index in [0.29, 0.717) is 4.91 Å². The van der Waals surface area contributed by atoms with Crippen molar-refractivity contribution in [1.82, 2.24) is 4.90 Å². The molecular formula is C18H14BrNO3S. The van der Waals surface area contributed by atoms with Crippen LogP contribution < -0.4 is 4.74 Å². The van der Waals surface area contributed by atoms with Crippen molar-refractivity contribution in [2.45, 2.75) is 6.54 Å². The number of methoxy groups -OCH3 is 1. The molecular weight excluding hydrogens is 390 g/mol. The van der Waals surface area contributed by atoms with Crippen molar-refractivity contribution >= 4 is 44.9 Å². The summed E-state index contributed by atoms with van der Waals surface area (Å²) >= 11 is 4.41. The minimum absolute atomic E-state index is 0.254. The van der Waals surface area contributed by atoms with E-state index >= 15 is 0 Å². The van der Waals surface area contributed by atoms with Gasteiger partial charge in [0, 0.05) is 4.47 Å². The number of amides is 2. The first kappa shape index (κ1) is 16.8. The van der Waals surface area contributed by atoms with Crippen LogP contribution in [0.4, 0.5) is 4.79 Å². The zero-order valence-corrected chi connectivity index (χ0v) is 15.3. The lowest BCUT2D eigenvalue weighted by Gasteiger charge is -2.13. The molecule has 1 aliphatic rings. The fourth-order valence-electron chi connectivity index (χ4n) is 2.28. The normalized spacial score (nSPS) is 16.1. The lowest BCUT2D eigenvalue weighted by molar-refractivity contribution is -0.123. The minimum Gasteiger partial charge on any atom is -0.497 e. The van der Waals surface area contributed by atoms with Crippen molar-refractivity contribution in [1.29, 1.82) is 0 Å². The van der Waals surface area contributed by atoms with Crippen LogP contribution in [0.15, 0.2) is 57.9 Å². The van der Waals surface area contributed by atoms with E-state index in [0.717, 1.165) is 33.1 Å². The molecule has 0 spiro atoms. The number of halogens is 1. The highest BCUT2D eigenvalue weighted by Gasteiger charge is 2.35. The number of imide groups is 1. The van der Waals surface area contributed by atoms with Gasteiger partial charge in [0.2, 0.25) is 0 Å². The summed E-state index contributed by atoms with van der Waals surface area (Å²) in [7, 11) is 1.60. The average Bonchev–Trinajstić information content (AvgIpc) is 2.85. The standard InChI is InChI=1S/C18H14BrNO3S/c1-23-14-8-6-12(7-9-14)10-16-17(21)20(18(22)24-16)11-13-4-2-3-5-15(13)19/h2-10H,11H2,1H3/b16-10+. The molecule has 0 aliphatic carbocycles. The summed E-state index contributed by atoms with van der Waals surface area (Å²) in [6.07, 6.45) is 1.73. The van der Waals surface area contributed by atoms with E-state index < -0.39 is 0 Å². The molecule has 122 valence electrons. The Morgan fingerprint density at radius 2 is 1.83 bits per heavy atom. The molecule has 4 nitrogen and oxygen atoms in total. The second-order valence-corrected chi connectivity index (χ2v) is 6.98. The molecule has 0 atom stereocenters. The van der Waals surface area contributed by atoms with E-state index in [9.17, 15) is 9.59 Å². The van der Waals surface area contributed by atoms with E-state index in [1.807, 2.05) is 48.5 Å². The Labute approximate surface area is 152 Å². The molecule has 2 aromatic rings. The van der Waals surface area contributed by atoms with Gasteiger partial charge >= 0.3 is 0 Å². The highest BCUT2D eigenvalue weighted by Crippen LogP contribution is 2.34. The molecule has 0 saturated carbocycles. The molecule has 0 N–H and O–H groups in total. The van der Waals surface area contributed by atoms with Crippen LogP contribution in [0.3, 0.4) is 0 Å². The number of carbonyl (C=O) groups excluding carboxylic acids is 2. The molecule has 2 amide bonds. The third kappa shape index (κ3) is 3.55. The summed E-state index contributed by atoms with van der Waals surface area (Å²) in [4.78, 5) is 26.4. The van der Waals surface area contributed by atoms with Crippen LogP contribution in [0.2, 0.25) is 0 Å². The number of benzene rings is 2. The first-order chi connectivity index (χ1) is 11.6. The summed E-state index contributed by atoms with van der Waals surface area (Å²) in [6.45, 7) is 0.256. The predicted octanol–water partition coefficient (Wildman–Crippen LogP) is 4.69. The van der Waals surface area contributed by atoms with Crippen LogP contribution in [0, 0.1) is 0 Å². The van der Waals surface area contributed by atoms with Crippen LogP contribution in [0.1, 0.15) is 11.1 Å². The molecule has 1 saturated heterocycles. The van der Waals surface area contributed by atoms with Gasteiger partial charge in [0.1, 0.15) is 5.75 Å². The van der Waals surface area contributed by atoms with Crippen molar-refractivity contribution in [2.75, 3.05) is 7.11 Å². The van der Waals surface area contributed by atoms with Gasteiger partial charge in [-0.15, -0.1) is 0 Å². The Balaban J connectivity index is 1.80. The van der Waals surface area contributed by atoms with E-state index in [2.05, 4.69) is 15.9 Å². The molecule has 0 bridgehead atoms. The Morgan fingerprint density at radius 3 is 2.50 bits per heavy atom. The largest absolute Gasteiger partial charge is 0.497 e.